The van der Waals surface area contributed by atoms with Gasteiger partial charge in [-0.2, -0.15) is 5.26 Å². The molecule has 3 heteroatoms. The third-order valence-electron chi connectivity index (χ3n) is 3.77. The molecule has 3 nitrogen and oxygen atoms in total. The van der Waals surface area contributed by atoms with E-state index in [1.807, 2.05) is 6.92 Å². The summed E-state index contributed by atoms with van der Waals surface area (Å²) in [5.74, 6) is 0. The van der Waals surface area contributed by atoms with Gasteiger partial charge in [-0.1, -0.05) is 6.42 Å². The summed E-state index contributed by atoms with van der Waals surface area (Å²) in [7, 11) is 0. The maximum absolute atomic E-state index is 10.4. The van der Waals surface area contributed by atoms with Gasteiger partial charge in [-0.25, -0.2) is 0 Å². The highest BCUT2D eigenvalue weighted by molar-refractivity contribution is 5.18. The van der Waals surface area contributed by atoms with E-state index in [1.165, 1.54) is 0 Å². The van der Waals surface area contributed by atoms with Crippen LogP contribution >= 0.6 is 0 Å². The zero-order chi connectivity index (χ0) is 9.53. The first kappa shape index (κ1) is 8.98. The minimum Gasteiger partial charge on any atom is -0.385 e. The number of ether oxygens (including phenoxy) is 1. The van der Waals surface area contributed by atoms with Crippen molar-refractivity contribution in [1.29, 1.82) is 5.26 Å². The van der Waals surface area contributed by atoms with Gasteiger partial charge in [-0.3, -0.25) is 0 Å². The van der Waals surface area contributed by atoms with Crippen LogP contribution in [0.15, 0.2) is 0 Å². The monoisotopic (exact) mass is 181 g/mol. The second kappa shape index (κ2) is 2.70. The first-order valence-electron chi connectivity index (χ1n) is 4.90. The number of hydrogen-bond acceptors (Lipinski definition) is 3. The molecule has 0 amide bonds. The highest BCUT2D eigenvalue weighted by atomic mass is 16.5. The van der Waals surface area contributed by atoms with E-state index in [4.69, 9.17) is 10.00 Å². The third kappa shape index (κ3) is 0.962. The van der Waals surface area contributed by atoms with Gasteiger partial charge < -0.3 is 9.84 Å². The van der Waals surface area contributed by atoms with Crippen molar-refractivity contribution in [3.8, 4) is 6.07 Å². The number of aliphatic hydroxyl groups is 1. The fraction of sp³-hybridized carbons (Fsp3) is 0.900. The maximum atomic E-state index is 10.4. The molecule has 1 aliphatic carbocycles. The number of nitriles is 1. The van der Waals surface area contributed by atoms with Crippen molar-refractivity contribution in [2.45, 2.75) is 44.3 Å². The Hall–Kier alpha value is -0.590. The Bertz CT molecular complexity index is 254. The van der Waals surface area contributed by atoms with Gasteiger partial charge in [0, 0.05) is 13.0 Å². The molecule has 1 heterocycles. The van der Waals surface area contributed by atoms with Crippen molar-refractivity contribution in [1.82, 2.24) is 0 Å². The summed E-state index contributed by atoms with van der Waals surface area (Å²) >= 11 is 0. The van der Waals surface area contributed by atoms with E-state index in [0.29, 0.717) is 13.0 Å². The first-order chi connectivity index (χ1) is 6.15. The summed E-state index contributed by atoms with van der Waals surface area (Å²) in [6, 6.07) is 2.30. The van der Waals surface area contributed by atoms with Crippen LogP contribution in [0.25, 0.3) is 0 Å². The third-order valence-corrected chi connectivity index (χ3v) is 3.77. The van der Waals surface area contributed by atoms with E-state index < -0.39 is 11.0 Å². The van der Waals surface area contributed by atoms with Gasteiger partial charge in [-0.05, 0) is 19.8 Å². The lowest BCUT2D eigenvalue weighted by Gasteiger charge is -2.47. The molecule has 1 N–H and O–H groups in total. The predicted molar refractivity (Wildman–Crippen MR) is 46.9 cm³/mol. The quantitative estimate of drug-likeness (QED) is 0.661. The van der Waals surface area contributed by atoms with Crippen molar-refractivity contribution in [2.24, 2.45) is 5.41 Å². The Morgan fingerprint density at radius 2 is 2.15 bits per heavy atom. The lowest BCUT2D eigenvalue weighted by atomic mass is 9.57. The molecule has 1 saturated carbocycles. The van der Waals surface area contributed by atoms with Gasteiger partial charge in [0.1, 0.15) is 5.60 Å². The molecular formula is C10H15NO2. The molecule has 2 unspecified atom stereocenters. The molecule has 2 atom stereocenters. The summed E-state index contributed by atoms with van der Waals surface area (Å²) < 4.78 is 5.35. The highest BCUT2D eigenvalue weighted by Gasteiger charge is 2.59. The summed E-state index contributed by atoms with van der Waals surface area (Å²) in [5.41, 5.74) is -1.40. The number of rotatable bonds is 1. The lowest BCUT2D eigenvalue weighted by molar-refractivity contribution is -0.127. The van der Waals surface area contributed by atoms with E-state index in [9.17, 15) is 5.11 Å². The van der Waals surface area contributed by atoms with Crippen LogP contribution in [-0.2, 0) is 4.74 Å². The van der Waals surface area contributed by atoms with E-state index in [2.05, 4.69) is 6.07 Å². The molecule has 0 aromatic rings. The normalized spacial score (nSPS) is 42.4. The van der Waals surface area contributed by atoms with Gasteiger partial charge >= 0.3 is 0 Å². The van der Waals surface area contributed by atoms with Crippen LogP contribution in [-0.4, -0.2) is 23.4 Å². The minimum absolute atomic E-state index is 0.188. The molecule has 0 aromatic carbocycles. The van der Waals surface area contributed by atoms with Crippen LogP contribution in [0.1, 0.15) is 32.6 Å². The van der Waals surface area contributed by atoms with Crippen LogP contribution in [0.4, 0.5) is 0 Å². The van der Waals surface area contributed by atoms with E-state index in [0.717, 1.165) is 19.3 Å². The second-order valence-corrected chi connectivity index (χ2v) is 4.23. The van der Waals surface area contributed by atoms with Gasteiger partial charge in [0.2, 0.25) is 0 Å². The molecule has 0 radical (unpaired) electrons. The van der Waals surface area contributed by atoms with Crippen LogP contribution in [0, 0.1) is 16.7 Å². The Labute approximate surface area is 78.3 Å². The largest absolute Gasteiger partial charge is 0.385 e. The molecule has 0 aromatic heterocycles. The minimum atomic E-state index is -0.889. The van der Waals surface area contributed by atoms with Crippen LogP contribution in [0.2, 0.25) is 0 Å². The maximum Gasteiger partial charge on any atom is 0.111 e. The number of nitrogens with zero attached hydrogens (tertiary/aromatic N) is 1. The van der Waals surface area contributed by atoms with Crippen molar-refractivity contribution >= 4 is 0 Å². The summed E-state index contributed by atoms with van der Waals surface area (Å²) in [6.07, 6.45) is 3.14. The van der Waals surface area contributed by atoms with Crippen LogP contribution in [0.3, 0.4) is 0 Å². The lowest BCUT2D eigenvalue weighted by Crippen LogP contribution is -2.55. The molecular weight excluding hydrogens is 166 g/mol. The molecule has 1 saturated heterocycles. The molecule has 72 valence electrons. The summed E-state index contributed by atoms with van der Waals surface area (Å²) in [4.78, 5) is 0. The Kier molecular flexibility index (Phi) is 1.86. The average molecular weight is 181 g/mol. The molecule has 0 bridgehead atoms. The van der Waals surface area contributed by atoms with Crippen molar-refractivity contribution < 1.29 is 9.84 Å². The average Bonchev–Trinajstić information content (AvgIpc) is 2.32. The molecule has 0 spiro atoms. The second-order valence-electron chi connectivity index (χ2n) is 4.23. The van der Waals surface area contributed by atoms with Gasteiger partial charge in [0.05, 0.1) is 17.6 Å². The standard InChI is InChI=1S/C10H15NO2/c1-8-10(12,5-6-13-8)9(7-11)3-2-4-9/h8,12H,2-6H2,1H3. The molecule has 2 aliphatic rings. The fourth-order valence-corrected chi connectivity index (χ4v) is 2.53. The van der Waals surface area contributed by atoms with Gasteiger partial charge in [0.15, 0.2) is 0 Å². The number of hydrogen-bond donors (Lipinski definition) is 1. The van der Waals surface area contributed by atoms with Crippen LogP contribution in [0.5, 0.6) is 0 Å². The summed E-state index contributed by atoms with van der Waals surface area (Å²) in [5, 5.41) is 19.5. The van der Waals surface area contributed by atoms with Crippen molar-refractivity contribution in [2.75, 3.05) is 6.61 Å². The Morgan fingerprint density at radius 3 is 2.46 bits per heavy atom. The smallest absolute Gasteiger partial charge is 0.111 e. The highest BCUT2D eigenvalue weighted by Crippen LogP contribution is 2.53. The zero-order valence-corrected chi connectivity index (χ0v) is 7.92. The Morgan fingerprint density at radius 1 is 1.46 bits per heavy atom. The van der Waals surface area contributed by atoms with Gasteiger partial charge in [0.25, 0.3) is 0 Å². The first-order valence-corrected chi connectivity index (χ1v) is 4.90. The molecule has 13 heavy (non-hydrogen) atoms. The van der Waals surface area contributed by atoms with E-state index in [-0.39, 0.29) is 6.10 Å². The topological polar surface area (TPSA) is 53.2 Å². The molecule has 2 rings (SSSR count). The summed E-state index contributed by atoms with van der Waals surface area (Å²) in [6.45, 7) is 2.45. The van der Waals surface area contributed by atoms with Crippen molar-refractivity contribution in [3.63, 3.8) is 0 Å². The van der Waals surface area contributed by atoms with Gasteiger partial charge in [-0.15, -0.1) is 0 Å². The Balaban J connectivity index is 2.27. The van der Waals surface area contributed by atoms with Crippen LogP contribution < -0.4 is 0 Å². The SMILES string of the molecule is CC1OCCC1(O)C1(C#N)CCC1. The van der Waals surface area contributed by atoms with E-state index >= 15 is 0 Å². The van der Waals surface area contributed by atoms with Crippen molar-refractivity contribution in [3.05, 3.63) is 0 Å². The fourth-order valence-electron chi connectivity index (χ4n) is 2.53. The predicted octanol–water partition coefficient (Wildman–Crippen LogP) is 1.22. The molecule has 2 fully saturated rings. The molecule has 1 aliphatic heterocycles. The zero-order valence-electron chi connectivity index (χ0n) is 7.92. The van der Waals surface area contributed by atoms with E-state index in [1.54, 1.807) is 0 Å².